The molecule has 0 aliphatic rings. The molecule has 0 saturated carbocycles. The minimum atomic E-state index is -1.96. The van der Waals surface area contributed by atoms with E-state index < -0.39 is 21.4 Å². The highest BCUT2D eigenvalue weighted by atomic mass is 32.1. The molecule has 0 aliphatic heterocycles. The summed E-state index contributed by atoms with van der Waals surface area (Å²) >= 11 is 1.60. The van der Waals surface area contributed by atoms with Gasteiger partial charge in [-0.15, -0.1) is 23.5 Å². The molecule has 0 bridgehead atoms. The lowest BCUT2D eigenvalue weighted by Gasteiger charge is -2.36. The van der Waals surface area contributed by atoms with E-state index in [0.29, 0.717) is 0 Å². The van der Waals surface area contributed by atoms with E-state index in [4.69, 9.17) is 0 Å². The molecule has 0 fully saturated rings. The summed E-state index contributed by atoms with van der Waals surface area (Å²) in [6, 6.07) is 4.85. The molecule has 0 aliphatic carbocycles. The van der Waals surface area contributed by atoms with E-state index in [2.05, 4.69) is 50.8 Å². The topological polar surface area (TPSA) is 20.2 Å². The molecule has 0 radical (unpaired) electrons. The maximum atomic E-state index is 11.3. The van der Waals surface area contributed by atoms with Crippen LogP contribution in [0.4, 0.5) is 0 Å². The number of allylic oxidation sites excluding steroid dienone is 1. The van der Waals surface area contributed by atoms with Crippen molar-refractivity contribution in [2.45, 2.75) is 44.0 Å². The molecule has 1 aromatic rings. The van der Waals surface area contributed by atoms with Crippen LogP contribution in [0.5, 0.6) is 0 Å². The van der Waals surface area contributed by atoms with E-state index in [-0.39, 0.29) is 0 Å². The lowest BCUT2D eigenvalue weighted by molar-refractivity contribution is 0.181. The molecule has 4 heteroatoms. The second-order valence-corrected chi connectivity index (χ2v) is 17.2. The van der Waals surface area contributed by atoms with E-state index in [1.807, 2.05) is 23.6 Å². The van der Waals surface area contributed by atoms with Crippen LogP contribution in [0.25, 0.3) is 0 Å². The predicted octanol–water partition coefficient (Wildman–Crippen LogP) is 4.25. The van der Waals surface area contributed by atoms with E-state index in [0.717, 1.165) is 10.9 Å². The molecule has 19 heavy (non-hydrogen) atoms. The first-order valence-electron chi connectivity index (χ1n) is 6.54. The fraction of sp³-hybridized carbons (Fsp3) is 0.467. The highest BCUT2D eigenvalue weighted by Gasteiger charge is 2.45. The van der Waals surface area contributed by atoms with Crippen molar-refractivity contribution in [2.75, 3.05) is 0 Å². The standard InChI is InChI=1S/C15H24OSSi2/c1-7-12-19(5,6)15(16,10-13-18(2,3)4)14-9-8-11-17-14/h7-9,11,16H,1,12H2,2-6H3. The van der Waals surface area contributed by atoms with Crippen molar-refractivity contribution in [3.8, 4) is 11.5 Å². The number of aliphatic hydroxyl groups is 1. The Balaban J connectivity index is 3.33. The highest BCUT2D eigenvalue weighted by Crippen LogP contribution is 2.36. The molecule has 0 aromatic carbocycles. The minimum absolute atomic E-state index is 0.863. The molecule has 1 N–H and O–H groups in total. The van der Waals surface area contributed by atoms with Gasteiger partial charge in [0.05, 0.1) is 0 Å². The number of thiophene rings is 1. The van der Waals surface area contributed by atoms with Gasteiger partial charge in [0.15, 0.2) is 0 Å². The average molecular weight is 309 g/mol. The van der Waals surface area contributed by atoms with Gasteiger partial charge in [0.1, 0.15) is 21.4 Å². The Labute approximate surface area is 123 Å². The third-order valence-electron chi connectivity index (χ3n) is 3.13. The smallest absolute Gasteiger partial charge is 0.145 e. The Bertz CT molecular complexity index is 488. The molecular formula is C15H24OSSi2. The second-order valence-electron chi connectivity index (χ2n) is 6.56. The summed E-state index contributed by atoms with van der Waals surface area (Å²) in [5, 5.41) is 12.3. The summed E-state index contributed by atoms with van der Waals surface area (Å²) in [6.07, 6.45) is 1.92. The maximum Gasteiger partial charge on any atom is 0.145 e. The van der Waals surface area contributed by atoms with Crippen LogP contribution in [-0.2, 0) is 5.22 Å². The average Bonchev–Trinajstić information content (AvgIpc) is 2.78. The molecule has 0 spiro atoms. The van der Waals surface area contributed by atoms with E-state index in [9.17, 15) is 5.11 Å². The van der Waals surface area contributed by atoms with Gasteiger partial charge in [0, 0.05) is 4.88 Å². The van der Waals surface area contributed by atoms with Crippen molar-refractivity contribution in [1.29, 1.82) is 0 Å². The van der Waals surface area contributed by atoms with Gasteiger partial charge in [0.2, 0.25) is 0 Å². The van der Waals surface area contributed by atoms with Gasteiger partial charge in [0.25, 0.3) is 0 Å². The van der Waals surface area contributed by atoms with Crippen LogP contribution in [0.15, 0.2) is 30.2 Å². The lowest BCUT2D eigenvalue weighted by atomic mass is 10.3. The van der Waals surface area contributed by atoms with E-state index in [1.165, 1.54) is 0 Å². The third-order valence-corrected chi connectivity index (χ3v) is 8.83. The van der Waals surface area contributed by atoms with Crippen molar-refractivity contribution in [2.24, 2.45) is 0 Å². The summed E-state index contributed by atoms with van der Waals surface area (Å²) in [7, 11) is -3.47. The molecular weight excluding hydrogens is 284 g/mol. The number of hydrogen-bond donors (Lipinski definition) is 1. The van der Waals surface area contributed by atoms with Gasteiger partial charge in [-0.2, -0.15) is 0 Å². The van der Waals surface area contributed by atoms with Crippen molar-refractivity contribution >= 4 is 27.5 Å². The number of rotatable bonds is 4. The van der Waals surface area contributed by atoms with Crippen molar-refractivity contribution < 1.29 is 5.11 Å². The summed E-state index contributed by atoms with van der Waals surface area (Å²) in [4.78, 5) is 0.983. The van der Waals surface area contributed by atoms with Crippen molar-refractivity contribution in [3.05, 3.63) is 35.0 Å². The Morgan fingerprint density at radius 1 is 1.37 bits per heavy atom. The summed E-state index contributed by atoms with van der Waals surface area (Å²) in [5.74, 6) is 3.26. The largest absolute Gasteiger partial charge is 0.376 e. The fourth-order valence-electron chi connectivity index (χ4n) is 1.84. The maximum absolute atomic E-state index is 11.3. The van der Waals surface area contributed by atoms with Gasteiger partial charge in [-0.3, -0.25) is 0 Å². The van der Waals surface area contributed by atoms with Gasteiger partial charge in [-0.1, -0.05) is 50.8 Å². The summed E-state index contributed by atoms with van der Waals surface area (Å²) in [5.41, 5.74) is 3.36. The second kappa shape index (κ2) is 5.80. The molecule has 1 rings (SSSR count). The minimum Gasteiger partial charge on any atom is -0.376 e. The van der Waals surface area contributed by atoms with Gasteiger partial charge >= 0.3 is 0 Å². The van der Waals surface area contributed by atoms with E-state index in [1.54, 1.807) is 11.3 Å². The van der Waals surface area contributed by atoms with Gasteiger partial charge in [-0.25, -0.2) is 0 Å². The van der Waals surface area contributed by atoms with Crippen LogP contribution < -0.4 is 0 Å². The monoisotopic (exact) mass is 308 g/mol. The quantitative estimate of drug-likeness (QED) is 0.501. The lowest BCUT2D eigenvalue weighted by Crippen LogP contribution is -2.50. The van der Waals surface area contributed by atoms with Crippen LogP contribution in [-0.4, -0.2) is 21.3 Å². The van der Waals surface area contributed by atoms with Gasteiger partial charge in [-0.05, 0) is 17.5 Å². The predicted molar refractivity (Wildman–Crippen MR) is 91.8 cm³/mol. The molecule has 1 atom stereocenters. The summed E-state index contributed by atoms with van der Waals surface area (Å²) in [6.45, 7) is 14.8. The van der Waals surface area contributed by atoms with Crippen LogP contribution in [0.2, 0.25) is 38.8 Å². The van der Waals surface area contributed by atoms with Crippen LogP contribution >= 0.6 is 11.3 Å². The zero-order valence-corrected chi connectivity index (χ0v) is 15.4. The Hall–Kier alpha value is -0.606. The first-order valence-corrected chi connectivity index (χ1v) is 14.1. The van der Waals surface area contributed by atoms with Crippen LogP contribution in [0, 0.1) is 11.5 Å². The zero-order chi connectivity index (χ0) is 14.7. The Morgan fingerprint density at radius 2 is 2.00 bits per heavy atom. The first kappa shape index (κ1) is 16.4. The fourth-order valence-corrected chi connectivity index (χ4v) is 6.37. The molecule has 1 nitrogen and oxygen atoms in total. The van der Waals surface area contributed by atoms with Crippen LogP contribution in [0.1, 0.15) is 4.88 Å². The molecule has 0 amide bonds. The van der Waals surface area contributed by atoms with Crippen molar-refractivity contribution in [1.82, 2.24) is 0 Å². The zero-order valence-electron chi connectivity index (χ0n) is 12.6. The SMILES string of the molecule is C=CC[Si](C)(C)C(O)(C#C[Si](C)(C)C)c1cccs1. The third kappa shape index (κ3) is 3.93. The molecule has 0 saturated heterocycles. The molecule has 1 heterocycles. The van der Waals surface area contributed by atoms with Gasteiger partial charge < -0.3 is 5.11 Å². The number of hydrogen-bond acceptors (Lipinski definition) is 2. The summed E-state index contributed by atoms with van der Waals surface area (Å²) < 4.78 is 0. The van der Waals surface area contributed by atoms with Crippen LogP contribution in [0.3, 0.4) is 0 Å². The Morgan fingerprint density at radius 3 is 2.42 bits per heavy atom. The highest BCUT2D eigenvalue weighted by molar-refractivity contribution is 7.11. The Kier molecular flexibility index (Phi) is 5.02. The van der Waals surface area contributed by atoms with E-state index >= 15 is 0 Å². The molecule has 1 aromatic heterocycles. The molecule has 104 valence electrons. The van der Waals surface area contributed by atoms with Crippen molar-refractivity contribution in [3.63, 3.8) is 0 Å². The molecule has 1 unspecified atom stereocenters. The first-order chi connectivity index (χ1) is 8.62. The normalized spacial score (nSPS) is 15.3.